The summed E-state index contributed by atoms with van der Waals surface area (Å²) >= 11 is 0. The van der Waals surface area contributed by atoms with E-state index in [4.69, 9.17) is 4.74 Å². The first-order valence-electron chi connectivity index (χ1n) is 9.01. The molecule has 0 aliphatic carbocycles. The van der Waals surface area contributed by atoms with E-state index in [2.05, 4.69) is 9.97 Å². The highest BCUT2D eigenvalue weighted by Crippen LogP contribution is 2.38. The van der Waals surface area contributed by atoms with Crippen molar-refractivity contribution in [3.63, 3.8) is 0 Å². The largest absolute Gasteiger partial charge is 0.494 e. The summed E-state index contributed by atoms with van der Waals surface area (Å²) in [4.78, 5) is 11.2. The van der Waals surface area contributed by atoms with Gasteiger partial charge in [-0.3, -0.25) is 0 Å². The van der Waals surface area contributed by atoms with Crippen LogP contribution in [0.2, 0.25) is 0 Å². The van der Waals surface area contributed by atoms with Crippen molar-refractivity contribution in [2.24, 2.45) is 0 Å². The van der Waals surface area contributed by atoms with Crippen molar-refractivity contribution in [2.75, 3.05) is 30.5 Å². The van der Waals surface area contributed by atoms with Crippen molar-refractivity contribution in [3.8, 4) is 5.75 Å². The smallest absolute Gasteiger partial charge is 0.421 e. The molecule has 152 valence electrons. The molecule has 0 aliphatic heterocycles. The molecule has 0 unspecified atom stereocenters. The van der Waals surface area contributed by atoms with Gasteiger partial charge in [0, 0.05) is 31.7 Å². The maximum Gasteiger partial charge on any atom is 0.421 e. The Balaban J connectivity index is 2.00. The fourth-order valence-electron chi connectivity index (χ4n) is 2.80. The van der Waals surface area contributed by atoms with Gasteiger partial charge in [0.15, 0.2) is 5.82 Å². The van der Waals surface area contributed by atoms with E-state index in [1.165, 1.54) is 4.90 Å². The van der Waals surface area contributed by atoms with Gasteiger partial charge in [-0.05, 0) is 43.3 Å². The molecule has 3 rings (SSSR count). The number of benzene rings is 2. The third-order valence-electron chi connectivity index (χ3n) is 4.36. The van der Waals surface area contributed by atoms with Crippen molar-refractivity contribution >= 4 is 23.1 Å². The van der Waals surface area contributed by atoms with Gasteiger partial charge in [-0.1, -0.05) is 18.2 Å². The average molecular weight is 402 g/mol. The van der Waals surface area contributed by atoms with E-state index in [1.807, 2.05) is 6.92 Å². The zero-order valence-electron chi connectivity index (χ0n) is 16.3. The number of halogens is 3. The minimum Gasteiger partial charge on any atom is -0.494 e. The third kappa shape index (κ3) is 4.59. The van der Waals surface area contributed by atoms with Gasteiger partial charge in [0.2, 0.25) is 5.95 Å². The molecule has 0 saturated heterocycles. The molecule has 0 bridgehead atoms. The van der Waals surface area contributed by atoms with Gasteiger partial charge in [-0.25, -0.2) is 4.98 Å². The van der Waals surface area contributed by atoms with Crippen LogP contribution in [0.15, 0.2) is 60.8 Å². The summed E-state index contributed by atoms with van der Waals surface area (Å²) in [6.07, 6.45) is -3.75. The van der Waals surface area contributed by atoms with E-state index in [1.54, 1.807) is 73.6 Å². The molecule has 0 amide bonds. The Kier molecular flexibility index (Phi) is 5.91. The Morgan fingerprint density at radius 2 is 1.52 bits per heavy atom. The molecule has 5 nitrogen and oxygen atoms in total. The molecule has 2 aromatic carbocycles. The van der Waals surface area contributed by atoms with Crippen LogP contribution < -0.4 is 14.5 Å². The number of ether oxygens (including phenoxy) is 1. The number of para-hydroxylation sites is 1. The molecule has 8 heteroatoms. The maximum atomic E-state index is 13.6. The first kappa shape index (κ1) is 20.4. The van der Waals surface area contributed by atoms with Gasteiger partial charge >= 0.3 is 6.18 Å². The number of anilines is 4. The quantitative estimate of drug-likeness (QED) is 0.550. The monoisotopic (exact) mass is 402 g/mol. The van der Waals surface area contributed by atoms with Crippen LogP contribution in [0.4, 0.5) is 36.3 Å². The Morgan fingerprint density at radius 1 is 0.897 bits per heavy atom. The number of alkyl halides is 3. The van der Waals surface area contributed by atoms with Crippen LogP contribution in [-0.4, -0.2) is 30.7 Å². The predicted molar refractivity (Wildman–Crippen MR) is 107 cm³/mol. The van der Waals surface area contributed by atoms with Crippen LogP contribution in [0.25, 0.3) is 0 Å². The second-order valence-corrected chi connectivity index (χ2v) is 6.29. The zero-order chi connectivity index (χ0) is 21.0. The molecule has 0 radical (unpaired) electrons. The molecule has 0 fully saturated rings. The Morgan fingerprint density at radius 3 is 2.10 bits per heavy atom. The molecule has 0 spiro atoms. The standard InChI is InChI=1S/C21H21F3N4O/c1-4-29-17-12-10-16(11-13-17)28(3)20-25-14-18(21(22,23)24)19(26-20)27(2)15-8-6-5-7-9-15/h5-14H,4H2,1-3H3. The summed E-state index contributed by atoms with van der Waals surface area (Å²) in [5.41, 5.74) is 0.417. The molecule has 0 atom stereocenters. The predicted octanol–water partition coefficient (Wildman–Crippen LogP) is 5.43. The summed E-state index contributed by atoms with van der Waals surface area (Å²) in [5.74, 6) is 0.647. The lowest BCUT2D eigenvalue weighted by Crippen LogP contribution is -2.21. The van der Waals surface area contributed by atoms with Gasteiger partial charge in [-0.15, -0.1) is 0 Å². The molecule has 1 aromatic heterocycles. The fourth-order valence-corrected chi connectivity index (χ4v) is 2.80. The molecule has 29 heavy (non-hydrogen) atoms. The minimum absolute atomic E-state index is 0.153. The zero-order valence-corrected chi connectivity index (χ0v) is 16.3. The number of rotatable bonds is 6. The lowest BCUT2D eigenvalue weighted by atomic mass is 10.2. The summed E-state index contributed by atoms with van der Waals surface area (Å²) in [7, 11) is 3.25. The van der Waals surface area contributed by atoms with Gasteiger partial charge in [-0.2, -0.15) is 18.2 Å². The van der Waals surface area contributed by atoms with Crippen LogP contribution in [0.3, 0.4) is 0 Å². The average Bonchev–Trinajstić information content (AvgIpc) is 2.73. The van der Waals surface area contributed by atoms with E-state index in [0.717, 1.165) is 11.9 Å². The number of hydrogen-bond acceptors (Lipinski definition) is 5. The van der Waals surface area contributed by atoms with E-state index in [0.29, 0.717) is 18.0 Å². The lowest BCUT2D eigenvalue weighted by molar-refractivity contribution is -0.137. The van der Waals surface area contributed by atoms with Crippen LogP contribution in [0, 0.1) is 0 Å². The molecule has 0 saturated carbocycles. The van der Waals surface area contributed by atoms with Crippen molar-refractivity contribution in [1.82, 2.24) is 9.97 Å². The normalized spacial score (nSPS) is 11.2. The molecule has 1 heterocycles. The number of nitrogens with zero attached hydrogens (tertiary/aromatic N) is 4. The van der Waals surface area contributed by atoms with E-state index < -0.39 is 11.7 Å². The Labute approximate surface area is 167 Å². The molecule has 3 aromatic rings. The second-order valence-electron chi connectivity index (χ2n) is 6.29. The first-order chi connectivity index (χ1) is 13.8. The summed E-state index contributed by atoms with van der Waals surface area (Å²) < 4.78 is 46.1. The van der Waals surface area contributed by atoms with Crippen molar-refractivity contribution in [1.29, 1.82) is 0 Å². The summed E-state index contributed by atoms with van der Waals surface area (Å²) in [6.45, 7) is 2.44. The number of aromatic nitrogens is 2. The Bertz CT molecular complexity index is 946. The topological polar surface area (TPSA) is 41.5 Å². The first-order valence-corrected chi connectivity index (χ1v) is 9.01. The van der Waals surface area contributed by atoms with Crippen molar-refractivity contribution in [2.45, 2.75) is 13.1 Å². The van der Waals surface area contributed by atoms with Gasteiger partial charge in [0.1, 0.15) is 11.3 Å². The van der Waals surface area contributed by atoms with Crippen LogP contribution in [-0.2, 0) is 6.18 Å². The molecule has 0 N–H and O–H groups in total. The molecular formula is C21H21F3N4O. The van der Waals surface area contributed by atoms with Gasteiger partial charge in [0.05, 0.1) is 6.61 Å². The van der Waals surface area contributed by atoms with Crippen molar-refractivity contribution in [3.05, 3.63) is 66.4 Å². The van der Waals surface area contributed by atoms with Crippen LogP contribution in [0.5, 0.6) is 5.75 Å². The minimum atomic E-state index is -4.57. The third-order valence-corrected chi connectivity index (χ3v) is 4.36. The number of hydrogen-bond donors (Lipinski definition) is 0. The van der Waals surface area contributed by atoms with E-state index in [-0.39, 0.29) is 11.8 Å². The highest BCUT2D eigenvalue weighted by molar-refractivity contribution is 5.65. The van der Waals surface area contributed by atoms with Crippen molar-refractivity contribution < 1.29 is 17.9 Å². The van der Waals surface area contributed by atoms with Crippen LogP contribution >= 0.6 is 0 Å². The SMILES string of the molecule is CCOc1ccc(N(C)c2ncc(C(F)(F)F)c(N(C)c3ccccc3)n2)cc1. The summed E-state index contributed by atoms with van der Waals surface area (Å²) in [5, 5.41) is 0. The van der Waals surface area contributed by atoms with Crippen LogP contribution in [0.1, 0.15) is 12.5 Å². The highest BCUT2D eigenvalue weighted by Gasteiger charge is 2.36. The maximum absolute atomic E-state index is 13.6. The summed E-state index contributed by atoms with van der Waals surface area (Å²) in [6, 6.07) is 15.9. The van der Waals surface area contributed by atoms with E-state index >= 15 is 0 Å². The Hall–Kier alpha value is -3.29. The molecule has 0 aliphatic rings. The fraction of sp³-hybridized carbons (Fsp3) is 0.238. The van der Waals surface area contributed by atoms with E-state index in [9.17, 15) is 13.2 Å². The lowest BCUT2D eigenvalue weighted by Gasteiger charge is -2.25. The molecular weight excluding hydrogens is 381 g/mol. The van der Waals surface area contributed by atoms with Gasteiger partial charge in [0.25, 0.3) is 0 Å². The second kappa shape index (κ2) is 8.38. The highest BCUT2D eigenvalue weighted by atomic mass is 19.4. The van der Waals surface area contributed by atoms with Gasteiger partial charge < -0.3 is 14.5 Å².